The third kappa shape index (κ3) is 2.55. The predicted octanol–water partition coefficient (Wildman–Crippen LogP) is 3.85. The Morgan fingerprint density at radius 2 is 1.81 bits per heavy atom. The van der Waals surface area contributed by atoms with E-state index >= 15 is 0 Å². The number of anilines is 2. The number of nitrogens with zero attached hydrogens (tertiary/aromatic N) is 1. The van der Waals surface area contributed by atoms with Gasteiger partial charge in [0, 0.05) is 13.1 Å². The van der Waals surface area contributed by atoms with Crippen LogP contribution in [0.3, 0.4) is 0 Å². The monoisotopic (exact) mass is 292 g/mol. The molecule has 110 valence electrons. The van der Waals surface area contributed by atoms with Crippen molar-refractivity contribution in [2.45, 2.75) is 19.1 Å². The maximum absolute atomic E-state index is 13.1. The smallest absolute Gasteiger partial charge is 0.397 e. The first-order chi connectivity index (χ1) is 9.97. The van der Waals surface area contributed by atoms with E-state index in [2.05, 4.69) is 0 Å². The molecule has 2 N–H and O–H groups in total. The average molecular weight is 292 g/mol. The van der Waals surface area contributed by atoms with Crippen molar-refractivity contribution in [2.24, 2.45) is 0 Å². The minimum atomic E-state index is -4.33. The van der Waals surface area contributed by atoms with Crippen molar-refractivity contribution in [1.82, 2.24) is 0 Å². The Hall–Kier alpha value is -2.17. The molecule has 0 aromatic heterocycles. The van der Waals surface area contributed by atoms with E-state index in [4.69, 9.17) is 5.73 Å². The van der Waals surface area contributed by atoms with Crippen LogP contribution in [0.5, 0.6) is 0 Å². The molecule has 0 radical (unpaired) electrons. The van der Waals surface area contributed by atoms with Crippen LogP contribution < -0.4 is 10.6 Å². The van der Waals surface area contributed by atoms with Crippen LogP contribution in [0.15, 0.2) is 42.5 Å². The molecular formula is C16H15F3N2. The number of hydrogen-bond acceptors (Lipinski definition) is 2. The van der Waals surface area contributed by atoms with Gasteiger partial charge in [0.15, 0.2) is 0 Å². The van der Waals surface area contributed by atoms with Gasteiger partial charge in [-0.15, -0.1) is 0 Å². The summed E-state index contributed by atoms with van der Waals surface area (Å²) in [4.78, 5) is 1.93. The zero-order chi connectivity index (χ0) is 15.0. The van der Waals surface area contributed by atoms with Crippen molar-refractivity contribution in [2.75, 3.05) is 17.2 Å². The summed E-state index contributed by atoms with van der Waals surface area (Å²) in [6.07, 6.45) is -3.52. The van der Waals surface area contributed by atoms with Crippen LogP contribution in [0.4, 0.5) is 24.5 Å². The highest BCUT2D eigenvalue weighted by atomic mass is 19.4. The van der Waals surface area contributed by atoms with Crippen molar-refractivity contribution < 1.29 is 13.2 Å². The van der Waals surface area contributed by atoms with Crippen LogP contribution >= 0.6 is 0 Å². The molecule has 0 saturated heterocycles. The van der Waals surface area contributed by atoms with Gasteiger partial charge < -0.3 is 10.6 Å². The lowest BCUT2D eigenvalue weighted by Gasteiger charge is -2.23. The minimum absolute atomic E-state index is 0.219. The molecule has 2 aromatic rings. The maximum atomic E-state index is 13.1. The number of fused-ring (bicyclic) bond motifs is 1. The van der Waals surface area contributed by atoms with Crippen LogP contribution in [-0.2, 0) is 19.1 Å². The van der Waals surface area contributed by atoms with Crippen LogP contribution in [0.2, 0.25) is 0 Å². The summed E-state index contributed by atoms with van der Waals surface area (Å²) in [6, 6.07) is 11.3. The molecule has 1 heterocycles. The Morgan fingerprint density at radius 3 is 2.57 bits per heavy atom. The zero-order valence-corrected chi connectivity index (χ0v) is 11.3. The lowest BCUT2D eigenvalue weighted by Crippen LogP contribution is -2.23. The van der Waals surface area contributed by atoms with E-state index in [0.717, 1.165) is 23.7 Å². The van der Waals surface area contributed by atoms with Crippen molar-refractivity contribution in [3.63, 3.8) is 0 Å². The molecule has 2 nitrogen and oxygen atoms in total. The largest absolute Gasteiger partial charge is 0.416 e. The van der Waals surface area contributed by atoms with Crippen molar-refractivity contribution in [3.8, 4) is 0 Å². The topological polar surface area (TPSA) is 29.3 Å². The zero-order valence-electron chi connectivity index (χ0n) is 11.3. The molecule has 0 bridgehead atoms. The minimum Gasteiger partial charge on any atom is -0.397 e. The van der Waals surface area contributed by atoms with Gasteiger partial charge in [-0.25, -0.2) is 0 Å². The Labute approximate surface area is 121 Å². The van der Waals surface area contributed by atoms with E-state index in [-0.39, 0.29) is 12.1 Å². The molecule has 5 heteroatoms. The van der Waals surface area contributed by atoms with E-state index in [1.807, 2.05) is 17.0 Å². The van der Waals surface area contributed by atoms with E-state index in [9.17, 15) is 13.2 Å². The highest BCUT2D eigenvalue weighted by Gasteiger charge is 2.34. The Balaban J connectivity index is 1.94. The van der Waals surface area contributed by atoms with E-state index in [1.165, 1.54) is 12.1 Å². The van der Waals surface area contributed by atoms with Gasteiger partial charge in [-0.3, -0.25) is 0 Å². The summed E-state index contributed by atoms with van der Waals surface area (Å²) in [5.41, 5.74) is 8.27. The summed E-state index contributed by atoms with van der Waals surface area (Å²) in [5, 5.41) is 0. The number of benzene rings is 2. The first-order valence-electron chi connectivity index (χ1n) is 6.74. The fraction of sp³-hybridized carbons (Fsp3) is 0.250. The molecule has 21 heavy (non-hydrogen) atoms. The lowest BCUT2D eigenvalue weighted by atomic mass is 10.1. The van der Waals surface area contributed by atoms with Gasteiger partial charge in [0.25, 0.3) is 0 Å². The molecular weight excluding hydrogens is 277 g/mol. The van der Waals surface area contributed by atoms with Crippen molar-refractivity contribution in [3.05, 3.63) is 59.2 Å². The first kappa shape index (κ1) is 13.8. The number of para-hydroxylation sites is 1. The van der Waals surface area contributed by atoms with Gasteiger partial charge in [0.05, 0.1) is 16.9 Å². The lowest BCUT2D eigenvalue weighted by molar-refractivity contribution is -0.138. The Morgan fingerprint density at radius 1 is 1.05 bits per heavy atom. The molecule has 0 atom stereocenters. The highest BCUT2D eigenvalue weighted by molar-refractivity contribution is 5.74. The average Bonchev–Trinajstić information content (AvgIpc) is 2.83. The molecule has 0 saturated carbocycles. The fourth-order valence-corrected chi connectivity index (χ4v) is 2.86. The van der Waals surface area contributed by atoms with Crippen LogP contribution in [0.25, 0.3) is 0 Å². The van der Waals surface area contributed by atoms with Gasteiger partial charge in [-0.05, 0) is 29.7 Å². The van der Waals surface area contributed by atoms with Crippen molar-refractivity contribution >= 4 is 11.4 Å². The van der Waals surface area contributed by atoms with Crippen LogP contribution in [0, 0.1) is 0 Å². The first-order valence-corrected chi connectivity index (χ1v) is 6.74. The second-order valence-electron chi connectivity index (χ2n) is 5.18. The Bertz CT molecular complexity index is 665. The third-order valence-corrected chi connectivity index (χ3v) is 3.80. The summed E-state index contributed by atoms with van der Waals surface area (Å²) >= 11 is 0. The molecule has 1 aliphatic rings. The predicted molar refractivity (Wildman–Crippen MR) is 77.1 cm³/mol. The van der Waals surface area contributed by atoms with Gasteiger partial charge in [0.1, 0.15) is 0 Å². The normalized spacial score (nSPS) is 14.3. The quantitative estimate of drug-likeness (QED) is 0.852. The second kappa shape index (κ2) is 4.98. The molecule has 0 unspecified atom stereocenters. The van der Waals surface area contributed by atoms with E-state index in [0.29, 0.717) is 12.2 Å². The van der Waals surface area contributed by atoms with Gasteiger partial charge in [-0.2, -0.15) is 13.2 Å². The molecule has 0 amide bonds. The molecule has 3 rings (SSSR count). The van der Waals surface area contributed by atoms with Gasteiger partial charge in [-0.1, -0.05) is 30.3 Å². The molecule has 0 aliphatic carbocycles. The molecule has 0 spiro atoms. The number of hydrogen-bond donors (Lipinski definition) is 1. The number of halogens is 3. The molecule has 1 aliphatic heterocycles. The van der Waals surface area contributed by atoms with Crippen LogP contribution in [0.1, 0.15) is 16.7 Å². The van der Waals surface area contributed by atoms with E-state index < -0.39 is 11.7 Å². The summed E-state index contributed by atoms with van der Waals surface area (Å²) < 4.78 is 39.2. The number of alkyl halides is 3. The third-order valence-electron chi connectivity index (χ3n) is 3.80. The summed E-state index contributed by atoms with van der Waals surface area (Å²) in [6.45, 7) is 0.909. The molecule has 0 fully saturated rings. The van der Waals surface area contributed by atoms with Crippen LogP contribution in [-0.4, -0.2) is 6.54 Å². The number of nitrogen functional groups attached to an aromatic ring is 1. The number of nitrogens with two attached hydrogens (primary N) is 1. The maximum Gasteiger partial charge on any atom is 0.416 e. The molecule has 2 aromatic carbocycles. The van der Waals surface area contributed by atoms with Crippen molar-refractivity contribution in [1.29, 1.82) is 0 Å². The SMILES string of the molecule is Nc1cccc2c1N(Cc1ccccc1C(F)(F)F)CC2. The van der Waals surface area contributed by atoms with Gasteiger partial charge >= 0.3 is 6.18 Å². The standard InChI is InChI=1S/C16H15F3N2/c17-16(18,19)13-6-2-1-4-12(13)10-21-9-8-11-5-3-7-14(20)15(11)21/h1-7H,8-10,20H2. The fourth-order valence-electron chi connectivity index (χ4n) is 2.86. The highest BCUT2D eigenvalue weighted by Crippen LogP contribution is 2.37. The van der Waals surface area contributed by atoms with E-state index in [1.54, 1.807) is 12.1 Å². The summed E-state index contributed by atoms with van der Waals surface area (Å²) in [7, 11) is 0. The second-order valence-corrected chi connectivity index (χ2v) is 5.18. The Kier molecular flexibility index (Phi) is 3.27. The summed E-state index contributed by atoms with van der Waals surface area (Å²) in [5.74, 6) is 0. The number of rotatable bonds is 2. The van der Waals surface area contributed by atoms with Gasteiger partial charge in [0.2, 0.25) is 0 Å².